The van der Waals surface area contributed by atoms with Gasteiger partial charge >= 0.3 is 0 Å². The van der Waals surface area contributed by atoms with Crippen molar-refractivity contribution in [2.75, 3.05) is 0 Å². The van der Waals surface area contributed by atoms with Crippen molar-refractivity contribution in [2.45, 2.75) is 5.75 Å². The highest BCUT2D eigenvalue weighted by molar-refractivity contribution is 8.13. The Morgan fingerprint density at radius 2 is 1.73 bits per heavy atom. The molecule has 2 nitrogen and oxygen atoms in total. The molecule has 84 valence electrons. The lowest BCUT2D eigenvalue weighted by Gasteiger charge is -2.05. The molecule has 1 aromatic carbocycles. The molecule has 1 rings (SSSR count). The van der Waals surface area contributed by atoms with Gasteiger partial charge in [0.1, 0.15) is 5.82 Å². The normalized spacial score (nSPS) is 11.8. The monoisotopic (exact) mass is 278 g/mol. The Kier molecular flexibility index (Phi) is 3.52. The molecule has 0 heterocycles. The summed E-state index contributed by atoms with van der Waals surface area (Å²) >= 11 is 5.20. The van der Waals surface area contributed by atoms with Crippen LogP contribution in [0.1, 0.15) is 5.56 Å². The molecule has 0 spiro atoms. The molecule has 0 atom stereocenters. The minimum Gasteiger partial charge on any atom is -0.212 e. The lowest BCUT2D eigenvalue weighted by Crippen LogP contribution is -2.04. The number of hydrogen-bond donors (Lipinski definition) is 0. The Labute approximate surface area is 93.0 Å². The Morgan fingerprint density at radius 3 is 2.20 bits per heavy atom. The van der Waals surface area contributed by atoms with Crippen LogP contribution >= 0.6 is 22.3 Å². The molecule has 0 aliphatic rings. The standard InChI is InChI=1S/C7H3Cl2F3O2S/c8-4-1-5(10)7(12)3(6(4)11)2-15(9,13)14/h1H,2H2. The smallest absolute Gasteiger partial charge is 0.212 e. The predicted molar refractivity (Wildman–Crippen MR) is 49.8 cm³/mol. The summed E-state index contributed by atoms with van der Waals surface area (Å²) in [7, 11) is 0.601. The second-order valence-corrected chi connectivity index (χ2v) is 5.81. The minimum absolute atomic E-state index is 0.413. The maximum atomic E-state index is 13.1. The summed E-state index contributed by atoms with van der Waals surface area (Å²) in [6.07, 6.45) is 0. The van der Waals surface area contributed by atoms with Crippen LogP contribution in [0.5, 0.6) is 0 Å². The van der Waals surface area contributed by atoms with E-state index in [-0.39, 0.29) is 0 Å². The van der Waals surface area contributed by atoms with E-state index in [0.717, 1.165) is 0 Å². The summed E-state index contributed by atoms with van der Waals surface area (Å²) in [5.74, 6) is -5.54. The molecule has 0 amide bonds. The molecule has 0 unspecified atom stereocenters. The summed E-state index contributed by atoms with van der Waals surface area (Å²) in [5, 5.41) is -0.704. The SMILES string of the molecule is O=S(=O)(Cl)Cc1c(F)c(F)cc(Cl)c1F. The zero-order chi connectivity index (χ0) is 11.8. The maximum Gasteiger partial charge on any atom is 0.236 e. The first kappa shape index (κ1) is 12.6. The van der Waals surface area contributed by atoms with Gasteiger partial charge in [-0.2, -0.15) is 0 Å². The molecule has 0 saturated carbocycles. The third-order valence-electron chi connectivity index (χ3n) is 1.52. The Balaban J connectivity index is 3.40. The third kappa shape index (κ3) is 2.99. The van der Waals surface area contributed by atoms with E-state index in [9.17, 15) is 21.6 Å². The summed E-state index contributed by atoms with van der Waals surface area (Å²) in [6, 6.07) is 0.413. The molecule has 0 N–H and O–H groups in total. The lowest BCUT2D eigenvalue weighted by molar-refractivity contribution is 0.484. The predicted octanol–water partition coefficient (Wildman–Crippen LogP) is 2.83. The number of hydrogen-bond acceptors (Lipinski definition) is 2. The average Bonchev–Trinajstić information content (AvgIpc) is 2.08. The summed E-state index contributed by atoms with van der Waals surface area (Å²) in [4.78, 5) is 0. The molecule has 0 aromatic heterocycles. The molecule has 0 radical (unpaired) electrons. The topological polar surface area (TPSA) is 34.1 Å². The van der Waals surface area contributed by atoms with Crippen LogP contribution in [0, 0.1) is 17.5 Å². The van der Waals surface area contributed by atoms with E-state index in [2.05, 4.69) is 0 Å². The van der Waals surface area contributed by atoms with Gasteiger partial charge in [-0.1, -0.05) is 11.6 Å². The molecule has 15 heavy (non-hydrogen) atoms. The Hall–Kier alpha value is -0.460. The Morgan fingerprint density at radius 1 is 1.20 bits per heavy atom. The van der Waals surface area contributed by atoms with Gasteiger partial charge in [0.25, 0.3) is 0 Å². The lowest BCUT2D eigenvalue weighted by atomic mass is 10.2. The fourth-order valence-corrected chi connectivity index (χ4v) is 2.06. The van der Waals surface area contributed by atoms with Gasteiger partial charge in [-0.05, 0) is 6.07 Å². The third-order valence-corrected chi connectivity index (χ3v) is 2.76. The van der Waals surface area contributed by atoms with Crippen LogP contribution in [0.4, 0.5) is 13.2 Å². The quantitative estimate of drug-likeness (QED) is 0.616. The first-order chi connectivity index (χ1) is 6.72. The van der Waals surface area contributed by atoms with Gasteiger partial charge in [-0.15, -0.1) is 0 Å². The van der Waals surface area contributed by atoms with E-state index in [1.54, 1.807) is 0 Å². The highest BCUT2D eigenvalue weighted by Gasteiger charge is 2.22. The van der Waals surface area contributed by atoms with Crippen molar-refractivity contribution in [3.05, 3.63) is 34.1 Å². The second kappa shape index (κ2) is 4.19. The van der Waals surface area contributed by atoms with Crippen LogP contribution in [-0.4, -0.2) is 8.42 Å². The van der Waals surface area contributed by atoms with Crippen LogP contribution < -0.4 is 0 Å². The highest BCUT2D eigenvalue weighted by atomic mass is 35.7. The fourth-order valence-electron chi connectivity index (χ4n) is 0.922. The molecular formula is C7H3Cl2F3O2S. The molecule has 8 heteroatoms. The van der Waals surface area contributed by atoms with Crippen molar-refractivity contribution in [2.24, 2.45) is 0 Å². The zero-order valence-electron chi connectivity index (χ0n) is 6.90. The summed E-state index contributed by atoms with van der Waals surface area (Å²) in [6.45, 7) is 0. The van der Waals surface area contributed by atoms with Gasteiger partial charge in [0.05, 0.1) is 10.8 Å². The molecule has 0 bridgehead atoms. The summed E-state index contributed by atoms with van der Waals surface area (Å²) in [5.41, 5.74) is -1.00. The Bertz CT molecular complexity index is 475. The molecule has 0 saturated heterocycles. The summed E-state index contributed by atoms with van der Waals surface area (Å²) < 4.78 is 60.0. The van der Waals surface area contributed by atoms with E-state index in [1.807, 2.05) is 0 Å². The van der Waals surface area contributed by atoms with Crippen molar-refractivity contribution < 1.29 is 21.6 Å². The van der Waals surface area contributed by atoms with Crippen molar-refractivity contribution >= 4 is 31.3 Å². The number of halogens is 5. The van der Waals surface area contributed by atoms with Crippen LogP contribution in [0.25, 0.3) is 0 Å². The maximum absolute atomic E-state index is 13.1. The highest BCUT2D eigenvalue weighted by Crippen LogP contribution is 2.26. The van der Waals surface area contributed by atoms with Crippen molar-refractivity contribution in [3.8, 4) is 0 Å². The van der Waals surface area contributed by atoms with E-state index < -0.39 is 42.8 Å². The van der Waals surface area contributed by atoms with Gasteiger partial charge in [-0.25, -0.2) is 21.6 Å². The molecule has 0 aliphatic heterocycles. The van der Waals surface area contributed by atoms with Gasteiger partial charge in [0, 0.05) is 16.2 Å². The van der Waals surface area contributed by atoms with Gasteiger partial charge < -0.3 is 0 Å². The first-order valence-electron chi connectivity index (χ1n) is 3.46. The zero-order valence-corrected chi connectivity index (χ0v) is 9.23. The van der Waals surface area contributed by atoms with Crippen molar-refractivity contribution in [3.63, 3.8) is 0 Å². The second-order valence-electron chi connectivity index (χ2n) is 2.63. The van der Waals surface area contributed by atoms with E-state index >= 15 is 0 Å². The first-order valence-corrected chi connectivity index (χ1v) is 6.32. The van der Waals surface area contributed by atoms with E-state index in [1.165, 1.54) is 0 Å². The van der Waals surface area contributed by atoms with Gasteiger partial charge in [0.15, 0.2) is 11.6 Å². The molecular weight excluding hydrogens is 276 g/mol. The number of benzene rings is 1. The van der Waals surface area contributed by atoms with Crippen LogP contribution in [0.3, 0.4) is 0 Å². The van der Waals surface area contributed by atoms with Crippen LogP contribution in [0.15, 0.2) is 6.07 Å². The number of rotatable bonds is 2. The van der Waals surface area contributed by atoms with Crippen LogP contribution in [0.2, 0.25) is 5.02 Å². The molecule has 1 aromatic rings. The minimum atomic E-state index is -4.19. The average molecular weight is 279 g/mol. The van der Waals surface area contributed by atoms with Crippen molar-refractivity contribution in [1.82, 2.24) is 0 Å². The van der Waals surface area contributed by atoms with E-state index in [4.69, 9.17) is 22.3 Å². The molecule has 0 fully saturated rings. The molecule has 0 aliphatic carbocycles. The largest absolute Gasteiger partial charge is 0.236 e. The van der Waals surface area contributed by atoms with Gasteiger partial charge in [0.2, 0.25) is 9.05 Å². The van der Waals surface area contributed by atoms with E-state index in [0.29, 0.717) is 6.07 Å². The van der Waals surface area contributed by atoms with Crippen molar-refractivity contribution in [1.29, 1.82) is 0 Å². The van der Waals surface area contributed by atoms with Gasteiger partial charge in [-0.3, -0.25) is 0 Å². The fraction of sp³-hybridized carbons (Fsp3) is 0.143. The van der Waals surface area contributed by atoms with Crippen LogP contribution in [-0.2, 0) is 14.8 Å².